The molecule has 1 amide bonds. The average molecular weight is 309 g/mol. The maximum Gasteiger partial charge on any atom is 0.243 e. The molecule has 2 N–H and O–H groups in total. The van der Waals surface area contributed by atoms with Gasteiger partial charge in [0.05, 0.1) is 17.4 Å². The highest BCUT2D eigenvalue weighted by Gasteiger charge is 2.09. The molecule has 3 aromatic rings. The molecule has 23 heavy (non-hydrogen) atoms. The molecular formula is C18H19N3O2. The van der Waals surface area contributed by atoms with Gasteiger partial charge in [0.25, 0.3) is 0 Å². The van der Waals surface area contributed by atoms with Gasteiger partial charge in [-0.15, -0.1) is 0 Å². The number of aromatic nitrogens is 2. The van der Waals surface area contributed by atoms with Crippen LogP contribution in [0.2, 0.25) is 0 Å². The van der Waals surface area contributed by atoms with E-state index in [4.69, 9.17) is 5.21 Å². The second kappa shape index (κ2) is 7.07. The van der Waals surface area contributed by atoms with E-state index < -0.39 is 0 Å². The smallest absolute Gasteiger partial charge is 0.243 e. The van der Waals surface area contributed by atoms with E-state index in [1.54, 1.807) is 11.7 Å². The van der Waals surface area contributed by atoms with Gasteiger partial charge in [-0.2, -0.15) is 0 Å². The Bertz CT molecular complexity index is 796. The molecule has 0 aliphatic heterocycles. The number of nitrogens with one attached hydrogen (secondary N) is 1. The topological polar surface area (TPSA) is 67.2 Å². The monoisotopic (exact) mass is 309 g/mol. The van der Waals surface area contributed by atoms with Gasteiger partial charge in [-0.3, -0.25) is 15.0 Å². The summed E-state index contributed by atoms with van der Waals surface area (Å²) in [5, 5.41) is 9.74. The van der Waals surface area contributed by atoms with E-state index in [1.165, 1.54) is 10.9 Å². The highest BCUT2D eigenvalue weighted by Crippen LogP contribution is 2.25. The Balaban J connectivity index is 1.82. The number of para-hydroxylation sites is 1. The summed E-state index contributed by atoms with van der Waals surface area (Å²) < 4.78 is 2.15. The van der Waals surface area contributed by atoms with Crippen molar-refractivity contribution in [2.45, 2.75) is 25.7 Å². The summed E-state index contributed by atoms with van der Waals surface area (Å²) in [7, 11) is 0. The van der Waals surface area contributed by atoms with Gasteiger partial charge in [0.15, 0.2) is 0 Å². The fraction of sp³-hybridized carbons (Fsp3) is 0.222. The SMILES string of the molecule is O=C(CCCCc1cn(-c2cccnc2)c2ccccc12)NO. The predicted molar refractivity (Wildman–Crippen MR) is 88.6 cm³/mol. The number of aryl methyl sites for hydroxylation is 1. The Morgan fingerprint density at radius 1 is 1.17 bits per heavy atom. The van der Waals surface area contributed by atoms with E-state index in [2.05, 4.69) is 27.9 Å². The number of rotatable bonds is 6. The normalized spacial score (nSPS) is 10.8. The fourth-order valence-electron chi connectivity index (χ4n) is 2.82. The van der Waals surface area contributed by atoms with Crippen LogP contribution in [0.1, 0.15) is 24.8 Å². The predicted octanol–water partition coefficient (Wildman–Crippen LogP) is 3.24. The lowest BCUT2D eigenvalue weighted by atomic mass is 10.1. The van der Waals surface area contributed by atoms with E-state index in [0.717, 1.165) is 30.5 Å². The molecule has 0 saturated heterocycles. The van der Waals surface area contributed by atoms with Crippen LogP contribution in [-0.2, 0) is 11.2 Å². The molecule has 0 unspecified atom stereocenters. The Morgan fingerprint density at radius 3 is 2.83 bits per heavy atom. The van der Waals surface area contributed by atoms with Crippen molar-refractivity contribution < 1.29 is 10.0 Å². The maximum absolute atomic E-state index is 11.1. The zero-order valence-corrected chi connectivity index (χ0v) is 12.8. The molecule has 118 valence electrons. The van der Waals surface area contributed by atoms with Crippen molar-refractivity contribution in [3.63, 3.8) is 0 Å². The third-order valence-corrected chi connectivity index (χ3v) is 3.94. The lowest BCUT2D eigenvalue weighted by Crippen LogP contribution is -2.17. The number of hydrogen-bond donors (Lipinski definition) is 2. The minimum atomic E-state index is -0.331. The molecule has 5 nitrogen and oxygen atoms in total. The second-order valence-corrected chi connectivity index (χ2v) is 5.49. The number of pyridine rings is 1. The summed E-state index contributed by atoms with van der Waals surface area (Å²) in [6, 6.07) is 12.3. The molecule has 0 saturated carbocycles. The Kier molecular flexibility index (Phi) is 4.68. The zero-order chi connectivity index (χ0) is 16.1. The molecule has 3 rings (SSSR count). The number of hydrogen-bond acceptors (Lipinski definition) is 3. The molecule has 0 fully saturated rings. The quantitative estimate of drug-likeness (QED) is 0.417. The standard InChI is InChI=1S/C18H19N3O2/c22-18(20-23)10-4-1-6-14-13-21(15-7-5-11-19-12-15)17-9-3-2-8-16(14)17/h2-3,5,7-9,11-13,23H,1,4,6,10H2,(H,20,22). The minimum Gasteiger partial charge on any atom is -0.315 e. The van der Waals surface area contributed by atoms with Crippen LogP contribution in [0.15, 0.2) is 55.0 Å². The van der Waals surface area contributed by atoms with Gasteiger partial charge >= 0.3 is 0 Å². The van der Waals surface area contributed by atoms with E-state index in [9.17, 15) is 4.79 Å². The largest absolute Gasteiger partial charge is 0.315 e. The first-order chi connectivity index (χ1) is 11.3. The molecule has 2 heterocycles. The third-order valence-electron chi connectivity index (χ3n) is 3.94. The number of carbonyl (C=O) groups excluding carboxylic acids is 1. The minimum absolute atomic E-state index is 0.331. The van der Waals surface area contributed by atoms with Crippen LogP contribution in [0.5, 0.6) is 0 Å². The van der Waals surface area contributed by atoms with Gasteiger partial charge in [0, 0.05) is 24.2 Å². The first-order valence-electron chi connectivity index (χ1n) is 7.72. The first kappa shape index (κ1) is 15.2. The lowest BCUT2D eigenvalue weighted by Gasteiger charge is -2.03. The summed E-state index contributed by atoms with van der Waals surface area (Å²) in [5.74, 6) is -0.331. The summed E-state index contributed by atoms with van der Waals surface area (Å²) in [5.41, 5.74) is 5.12. The highest BCUT2D eigenvalue weighted by molar-refractivity contribution is 5.85. The van der Waals surface area contributed by atoms with Crippen LogP contribution < -0.4 is 5.48 Å². The van der Waals surface area contributed by atoms with Crippen LogP contribution >= 0.6 is 0 Å². The van der Waals surface area contributed by atoms with Crippen LogP contribution in [-0.4, -0.2) is 20.7 Å². The van der Waals surface area contributed by atoms with Crippen LogP contribution in [0, 0.1) is 0 Å². The number of carbonyl (C=O) groups is 1. The Hall–Kier alpha value is -2.66. The highest BCUT2D eigenvalue weighted by atomic mass is 16.5. The maximum atomic E-state index is 11.1. The van der Waals surface area contributed by atoms with Gasteiger partial charge in [0.2, 0.25) is 5.91 Å². The molecule has 0 radical (unpaired) electrons. The van der Waals surface area contributed by atoms with Gasteiger partial charge < -0.3 is 4.57 Å². The molecular weight excluding hydrogens is 290 g/mol. The van der Waals surface area contributed by atoms with Gasteiger partial charge in [0.1, 0.15) is 0 Å². The fourth-order valence-corrected chi connectivity index (χ4v) is 2.82. The zero-order valence-electron chi connectivity index (χ0n) is 12.8. The molecule has 0 spiro atoms. The van der Waals surface area contributed by atoms with Gasteiger partial charge in [-0.05, 0) is 43.0 Å². The van der Waals surface area contributed by atoms with Crippen molar-refractivity contribution >= 4 is 16.8 Å². The lowest BCUT2D eigenvalue weighted by molar-refractivity contribution is -0.129. The van der Waals surface area contributed by atoms with Crippen LogP contribution in [0.4, 0.5) is 0 Å². The van der Waals surface area contributed by atoms with Crippen LogP contribution in [0.3, 0.4) is 0 Å². The van der Waals surface area contributed by atoms with Crippen molar-refractivity contribution in [2.24, 2.45) is 0 Å². The number of amides is 1. The van der Waals surface area contributed by atoms with Crippen molar-refractivity contribution in [2.75, 3.05) is 0 Å². The molecule has 2 aromatic heterocycles. The molecule has 0 atom stereocenters. The molecule has 0 aliphatic carbocycles. The van der Waals surface area contributed by atoms with Crippen LogP contribution in [0.25, 0.3) is 16.6 Å². The number of nitrogens with zero attached hydrogens (tertiary/aromatic N) is 2. The number of benzene rings is 1. The number of hydroxylamine groups is 1. The molecule has 5 heteroatoms. The van der Waals surface area contributed by atoms with Crippen molar-refractivity contribution in [1.29, 1.82) is 0 Å². The van der Waals surface area contributed by atoms with E-state index in [1.807, 2.05) is 30.5 Å². The van der Waals surface area contributed by atoms with Crippen molar-refractivity contribution in [3.05, 3.63) is 60.6 Å². The van der Waals surface area contributed by atoms with E-state index in [-0.39, 0.29) is 5.91 Å². The second-order valence-electron chi connectivity index (χ2n) is 5.49. The summed E-state index contributed by atoms with van der Waals surface area (Å²) in [6.07, 6.45) is 8.65. The van der Waals surface area contributed by atoms with Crippen molar-refractivity contribution in [1.82, 2.24) is 15.0 Å². The summed E-state index contributed by atoms with van der Waals surface area (Å²) in [4.78, 5) is 15.2. The first-order valence-corrected chi connectivity index (χ1v) is 7.72. The van der Waals surface area contributed by atoms with Gasteiger partial charge in [-0.1, -0.05) is 18.2 Å². The molecule has 0 bridgehead atoms. The summed E-state index contributed by atoms with van der Waals surface area (Å²) in [6.45, 7) is 0. The number of unbranched alkanes of at least 4 members (excludes halogenated alkanes) is 1. The third kappa shape index (κ3) is 3.40. The molecule has 0 aliphatic rings. The number of fused-ring (bicyclic) bond motifs is 1. The van der Waals surface area contributed by atoms with Gasteiger partial charge in [-0.25, -0.2) is 5.48 Å². The average Bonchev–Trinajstić information content (AvgIpc) is 2.98. The molecule has 1 aromatic carbocycles. The Morgan fingerprint density at radius 2 is 2.04 bits per heavy atom. The van der Waals surface area contributed by atoms with E-state index >= 15 is 0 Å². The Labute approximate surface area is 134 Å². The van der Waals surface area contributed by atoms with E-state index in [0.29, 0.717) is 6.42 Å². The van der Waals surface area contributed by atoms with Crippen molar-refractivity contribution in [3.8, 4) is 5.69 Å². The summed E-state index contributed by atoms with van der Waals surface area (Å²) >= 11 is 0.